The third-order valence-electron chi connectivity index (χ3n) is 6.07. The van der Waals surface area contributed by atoms with Gasteiger partial charge >= 0.3 is 12.1 Å². The Balaban J connectivity index is 1.37. The van der Waals surface area contributed by atoms with Crippen LogP contribution in [0.3, 0.4) is 0 Å². The van der Waals surface area contributed by atoms with Crippen LogP contribution in [-0.2, 0) is 9.53 Å². The summed E-state index contributed by atoms with van der Waals surface area (Å²) in [5, 5.41) is 8.67. The van der Waals surface area contributed by atoms with Gasteiger partial charge in [-0.25, -0.2) is 13.6 Å². The van der Waals surface area contributed by atoms with Gasteiger partial charge in [0.05, 0.1) is 0 Å². The van der Waals surface area contributed by atoms with Gasteiger partial charge < -0.3 is 14.7 Å². The summed E-state index contributed by atoms with van der Waals surface area (Å²) in [6.07, 6.45) is -1.57. The van der Waals surface area contributed by atoms with Gasteiger partial charge in [-0.05, 0) is 35.1 Å². The molecule has 0 unspecified atom stereocenters. The Morgan fingerprint density at radius 1 is 1.00 bits per heavy atom. The van der Waals surface area contributed by atoms with Crippen LogP contribution in [-0.4, -0.2) is 47.7 Å². The van der Waals surface area contributed by atoms with Crippen molar-refractivity contribution in [2.75, 3.05) is 19.7 Å². The van der Waals surface area contributed by atoms with Crippen molar-refractivity contribution >= 4 is 12.1 Å². The fourth-order valence-corrected chi connectivity index (χ4v) is 4.52. The predicted octanol–water partition coefficient (Wildman–Crippen LogP) is 4.76. The number of benzene rings is 2. The molecule has 1 amide bonds. The van der Waals surface area contributed by atoms with E-state index >= 15 is 0 Å². The summed E-state index contributed by atoms with van der Waals surface area (Å²) < 4.78 is 33.6. The first-order chi connectivity index (χ1) is 14.4. The summed E-state index contributed by atoms with van der Waals surface area (Å²) in [7, 11) is 0. The lowest BCUT2D eigenvalue weighted by atomic mass is 9.89. The number of rotatable bonds is 5. The maximum Gasteiger partial charge on any atom is 0.409 e. The zero-order chi connectivity index (χ0) is 21.3. The minimum atomic E-state index is -3.26. The van der Waals surface area contributed by atoms with Gasteiger partial charge in [0.2, 0.25) is 0 Å². The van der Waals surface area contributed by atoms with Gasteiger partial charge in [-0.15, -0.1) is 0 Å². The van der Waals surface area contributed by atoms with Crippen LogP contribution in [0.1, 0.15) is 36.3 Å². The van der Waals surface area contributed by atoms with Gasteiger partial charge in [0.15, 0.2) is 0 Å². The summed E-state index contributed by atoms with van der Waals surface area (Å²) in [5.41, 5.74) is 4.49. The lowest BCUT2D eigenvalue weighted by Gasteiger charge is -2.35. The topological polar surface area (TPSA) is 66.8 Å². The van der Waals surface area contributed by atoms with Crippen LogP contribution in [0.5, 0.6) is 0 Å². The van der Waals surface area contributed by atoms with Crippen LogP contribution >= 0.6 is 0 Å². The average molecular weight is 415 g/mol. The second-order valence-electron chi connectivity index (χ2n) is 7.90. The van der Waals surface area contributed by atoms with E-state index in [-0.39, 0.29) is 38.5 Å². The van der Waals surface area contributed by atoms with E-state index < -0.39 is 30.3 Å². The van der Waals surface area contributed by atoms with Crippen LogP contribution in [0.15, 0.2) is 48.5 Å². The number of piperidine rings is 1. The van der Waals surface area contributed by atoms with Crippen LogP contribution in [0.2, 0.25) is 0 Å². The number of ether oxygens (including phenoxy) is 1. The number of carbonyl (C=O) groups excluding carboxylic acids is 1. The number of hydrogen-bond donors (Lipinski definition) is 1. The van der Waals surface area contributed by atoms with Crippen molar-refractivity contribution in [3.8, 4) is 11.1 Å². The van der Waals surface area contributed by atoms with E-state index in [9.17, 15) is 18.4 Å². The van der Waals surface area contributed by atoms with Crippen molar-refractivity contribution in [3.05, 3.63) is 59.7 Å². The van der Waals surface area contributed by atoms with Gasteiger partial charge in [-0.3, -0.25) is 4.79 Å². The Labute approximate surface area is 173 Å². The van der Waals surface area contributed by atoms with Gasteiger partial charge in [-0.1, -0.05) is 48.5 Å². The van der Waals surface area contributed by atoms with E-state index in [1.54, 1.807) is 0 Å². The number of alkyl halides is 2. The number of likely N-dealkylation sites (tertiary alicyclic amines) is 1. The first-order valence-electron chi connectivity index (χ1n) is 10.1. The fraction of sp³-hybridized carbons (Fsp3) is 0.391. The van der Waals surface area contributed by atoms with Crippen molar-refractivity contribution in [1.82, 2.24) is 4.90 Å². The molecule has 1 heterocycles. The predicted molar refractivity (Wildman–Crippen MR) is 107 cm³/mol. The molecule has 4 rings (SSSR count). The summed E-state index contributed by atoms with van der Waals surface area (Å²) in [6, 6.07) is 16.1. The molecular formula is C23H23F2NO4. The number of fused-ring (bicyclic) bond motifs is 3. The van der Waals surface area contributed by atoms with Crippen LogP contribution in [0.25, 0.3) is 11.1 Å². The van der Waals surface area contributed by atoms with E-state index in [1.807, 2.05) is 36.4 Å². The fourth-order valence-electron chi connectivity index (χ4n) is 4.52. The summed E-state index contributed by atoms with van der Waals surface area (Å²) in [4.78, 5) is 24.6. The second-order valence-corrected chi connectivity index (χ2v) is 7.90. The molecule has 2 aromatic rings. The van der Waals surface area contributed by atoms with Gasteiger partial charge in [0.25, 0.3) is 5.92 Å². The largest absolute Gasteiger partial charge is 0.481 e. The monoisotopic (exact) mass is 415 g/mol. The highest BCUT2D eigenvalue weighted by Gasteiger charge is 2.43. The lowest BCUT2D eigenvalue weighted by Crippen LogP contribution is -2.44. The molecule has 1 fully saturated rings. The van der Waals surface area contributed by atoms with E-state index in [1.165, 1.54) is 4.90 Å². The Morgan fingerprint density at radius 2 is 1.53 bits per heavy atom. The molecule has 30 heavy (non-hydrogen) atoms. The van der Waals surface area contributed by atoms with E-state index in [2.05, 4.69) is 12.1 Å². The minimum absolute atomic E-state index is 0.0567. The zero-order valence-corrected chi connectivity index (χ0v) is 16.4. The van der Waals surface area contributed by atoms with E-state index in [0.717, 1.165) is 22.3 Å². The molecule has 2 aliphatic rings. The van der Waals surface area contributed by atoms with Crippen LogP contribution in [0.4, 0.5) is 13.6 Å². The number of nitrogens with zero attached hydrogens (tertiary/aromatic N) is 1. The van der Waals surface area contributed by atoms with E-state index in [4.69, 9.17) is 9.84 Å². The molecule has 0 atom stereocenters. The van der Waals surface area contributed by atoms with Gasteiger partial charge in [0.1, 0.15) is 13.0 Å². The molecule has 0 saturated carbocycles. The number of aliphatic carboxylic acids is 1. The molecule has 158 valence electrons. The Hall–Kier alpha value is -2.96. The Morgan fingerprint density at radius 3 is 2.07 bits per heavy atom. The third-order valence-corrected chi connectivity index (χ3v) is 6.07. The van der Waals surface area contributed by atoms with Crippen molar-refractivity contribution < 1.29 is 28.2 Å². The number of carboxylic acid groups (broad SMARTS) is 1. The maximum atomic E-state index is 14.0. The quantitative estimate of drug-likeness (QED) is 0.765. The molecule has 0 spiro atoms. The zero-order valence-electron chi connectivity index (χ0n) is 16.4. The smallest absolute Gasteiger partial charge is 0.409 e. The Bertz CT molecular complexity index is 908. The van der Waals surface area contributed by atoms with Gasteiger partial charge in [0, 0.05) is 24.9 Å². The number of hydrogen-bond acceptors (Lipinski definition) is 3. The summed E-state index contributed by atoms with van der Waals surface area (Å²) >= 11 is 0. The first-order valence-corrected chi connectivity index (χ1v) is 10.1. The number of halogens is 2. The molecule has 0 aromatic heterocycles. The normalized spacial score (nSPS) is 16.8. The van der Waals surface area contributed by atoms with Crippen LogP contribution in [0, 0.1) is 5.92 Å². The highest BCUT2D eigenvalue weighted by Crippen LogP contribution is 2.44. The number of carbonyl (C=O) groups is 2. The Kier molecular flexibility index (Phi) is 5.45. The van der Waals surface area contributed by atoms with Crippen molar-refractivity contribution in [2.24, 2.45) is 5.92 Å². The molecule has 5 nitrogen and oxygen atoms in total. The van der Waals surface area contributed by atoms with E-state index in [0.29, 0.717) is 0 Å². The SMILES string of the molecule is O=C(O)CC(F)(F)C1CCN(C(=O)OCC2c3ccccc3-c3ccccc32)CC1. The highest BCUT2D eigenvalue weighted by atomic mass is 19.3. The molecule has 2 aromatic carbocycles. The summed E-state index contributed by atoms with van der Waals surface area (Å²) in [5.74, 6) is -5.87. The molecule has 1 aliphatic carbocycles. The maximum absolute atomic E-state index is 14.0. The van der Waals surface area contributed by atoms with Crippen molar-refractivity contribution in [1.29, 1.82) is 0 Å². The molecule has 1 aliphatic heterocycles. The molecule has 0 radical (unpaired) electrons. The molecule has 0 bridgehead atoms. The average Bonchev–Trinajstić information content (AvgIpc) is 3.05. The third kappa shape index (κ3) is 3.88. The molecule has 1 N–H and O–H groups in total. The molecule has 7 heteroatoms. The van der Waals surface area contributed by atoms with Crippen molar-refractivity contribution in [3.63, 3.8) is 0 Å². The standard InChI is InChI=1S/C23H23F2NO4/c24-23(25,13-21(27)28)15-9-11-26(12-10-15)22(29)30-14-20-18-7-3-1-5-16(18)17-6-2-4-8-19(17)20/h1-8,15,20H,9-14H2,(H,27,28). The number of carboxylic acids is 1. The molecule has 1 saturated heterocycles. The lowest BCUT2D eigenvalue weighted by molar-refractivity contribution is -0.151. The van der Waals surface area contributed by atoms with Gasteiger partial charge in [-0.2, -0.15) is 0 Å². The van der Waals surface area contributed by atoms with Crippen LogP contribution < -0.4 is 0 Å². The summed E-state index contributed by atoms with van der Waals surface area (Å²) in [6.45, 7) is 0.453. The highest BCUT2D eigenvalue weighted by molar-refractivity contribution is 5.79. The molecular weight excluding hydrogens is 392 g/mol. The minimum Gasteiger partial charge on any atom is -0.481 e. The van der Waals surface area contributed by atoms with Crippen molar-refractivity contribution in [2.45, 2.75) is 31.1 Å². The first kappa shape index (κ1) is 20.3. The second kappa shape index (κ2) is 8.05. The number of amides is 1.